The molecule has 0 unspecified atom stereocenters. The van der Waals surface area contributed by atoms with Crippen LogP contribution in [0.15, 0.2) is 77.8 Å². The predicted octanol–water partition coefficient (Wildman–Crippen LogP) is 4.22. The van der Waals surface area contributed by atoms with E-state index in [0.29, 0.717) is 52.2 Å². The summed E-state index contributed by atoms with van der Waals surface area (Å²) in [6.45, 7) is 1.00. The summed E-state index contributed by atoms with van der Waals surface area (Å²) in [4.78, 5) is 34.2. The Morgan fingerprint density at radius 1 is 1.00 bits per heavy atom. The molecule has 5 rings (SSSR count). The Hall–Kier alpha value is -4.64. The number of fused-ring (bicyclic) bond motifs is 1. The van der Waals surface area contributed by atoms with E-state index in [1.807, 2.05) is 30.3 Å². The molecule has 1 aliphatic rings. The van der Waals surface area contributed by atoms with Gasteiger partial charge in [0.05, 0.1) is 41.6 Å². The molecule has 3 aromatic carbocycles. The van der Waals surface area contributed by atoms with Crippen molar-refractivity contribution in [3.05, 3.63) is 89.5 Å². The van der Waals surface area contributed by atoms with E-state index in [-0.39, 0.29) is 18.3 Å². The lowest BCUT2D eigenvalue weighted by Crippen LogP contribution is -2.41. The van der Waals surface area contributed by atoms with Crippen molar-refractivity contribution in [3.8, 4) is 5.88 Å². The summed E-state index contributed by atoms with van der Waals surface area (Å²) in [6.07, 6.45) is 2.91. The van der Waals surface area contributed by atoms with Gasteiger partial charge in [-0.15, -0.1) is 0 Å². The molecule has 11 heteroatoms. The Bertz CT molecular complexity index is 1720. The van der Waals surface area contributed by atoms with E-state index in [9.17, 15) is 23.1 Å². The smallest absolute Gasteiger partial charge is 0.337 e. The first-order valence-electron chi connectivity index (χ1n) is 13.1. The molecule has 0 spiro atoms. The number of rotatable bonds is 8. The molecule has 212 valence electrons. The molecular weight excluding hydrogens is 544 g/mol. The number of ether oxygens (including phenoxy) is 1. The Balaban J connectivity index is 1.54. The fourth-order valence-corrected chi connectivity index (χ4v) is 5.79. The zero-order valence-electron chi connectivity index (χ0n) is 22.7. The number of aromatic amines is 1. The molecule has 1 fully saturated rings. The molecule has 2 heterocycles. The zero-order valence-corrected chi connectivity index (χ0v) is 23.5. The van der Waals surface area contributed by atoms with Gasteiger partial charge >= 0.3 is 5.97 Å². The number of likely N-dealkylation sites (tertiary alicyclic amines) is 1. The van der Waals surface area contributed by atoms with Gasteiger partial charge < -0.3 is 19.7 Å². The number of sulfonamides is 1. The number of nitrogens with zero attached hydrogens (tertiary/aromatic N) is 3. The molecule has 2 N–H and O–H groups in total. The van der Waals surface area contributed by atoms with E-state index >= 15 is 0 Å². The Morgan fingerprint density at radius 3 is 2.32 bits per heavy atom. The second-order valence-electron chi connectivity index (χ2n) is 9.80. The highest BCUT2D eigenvalue weighted by Gasteiger charge is 2.26. The van der Waals surface area contributed by atoms with Gasteiger partial charge in [-0.05, 0) is 49.2 Å². The first kappa shape index (κ1) is 27.9. The highest BCUT2D eigenvalue weighted by molar-refractivity contribution is 7.92. The molecule has 0 radical (unpaired) electrons. The van der Waals surface area contributed by atoms with E-state index < -0.39 is 16.0 Å². The van der Waals surface area contributed by atoms with E-state index in [1.54, 1.807) is 47.4 Å². The average Bonchev–Trinajstić information content (AvgIpc) is 3.62. The molecule has 1 aliphatic heterocycles. The molecule has 0 bridgehead atoms. The molecule has 10 nitrogen and oxygen atoms in total. The molecule has 0 atom stereocenters. The number of hydrogen-bond acceptors (Lipinski definition) is 7. The summed E-state index contributed by atoms with van der Waals surface area (Å²) < 4.78 is 31.1. The lowest BCUT2D eigenvalue weighted by molar-refractivity contribution is -0.128. The maximum Gasteiger partial charge on any atom is 0.337 e. The first-order valence-corrected chi connectivity index (χ1v) is 14.9. The van der Waals surface area contributed by atoms with Gasteiger partial charge in [0.25, 0.3) is 0 Å². The largest absolute Gasteiger partial charge is 0.494 e. The van der Waals surface area contributed by atoms with E-state index in [0.717, 1.165) is 29.0 Å². The van der Waals surface area contributed by atoms with Gasteiger partial charge in [-0.25, -0.2) is 18.2 Å². The highest BCUT2D eigenvalue weighted by Crippen LogP contribution is 2.33. The summed E-state index contributed by atoms with van der Waals surface area (Å²) in [7, 11) is -2.42. The second kappa shape index (κ2) is 11.5. The van der Waals surface area contributed by atoms with Crippen LogP contribution in [-0.2, 0) is 19.6 Å². The minimum Gasteiger partial charge on any atom is -0.494 e. The van der Waals surface area contributed by atoms with Gasteiger partial charge in [-0.1, -0.05) is 36.4 Å². The van der Waals surface area contributed by atoms with Gasteiger partial charge in [-0.2, -0.15) is 0 Å². The van der Waals surface area contributed by atoms with Crippen LogP contribution in [0.25, 0.3) is 10.9 Å². The fourth-order valence-electron chi connectivity index (χ4n) is 4.94. The highest BCUT2D eigenvalue weighted by atomic mass is 32.2. The summed E-state index contributed by atoms with van der Waals surface area (Å²) >= 11 is 0. The number of aromatic hydroxyl groups is 1. The number of benzene rings is 3. The summed E-state index contributed by atoms with van der Waals surface area (Å²) in [5.74, 6) is -0.846. The number of anilines is 1. The van der Waals surface area contributed by atoms with E-state index in [4.69, 9.17) is 9.73 Å². The van der Waals surface area contributed by atoms with Gasteiger partial charge in [0.1, 0.15) is 6.54 Å². The summed E-state index contributed by atoms with van der Waals surface area (Å²) in [6, 6.07) is 20.8. The number of aromatic nitrogens is 1. The van der Waals surface area contributed by atoms with Gasteiger partial charge in [0, 0.05) is 29.6 Å². The monoisotopic (exact) mass is 574 g/mol. The number of aliphatic imine (C=N–C) groups is 1. The predicted molar refractivity (Wildman–Crippen MR) is 157 cm³/mol. The molecular formula is C30H30N4O6S. The van der Waals surface area contributed by atoms with Crippen molar-refractivity contribution < 1.29 is 27.9 Å². The third kappa shape index (κ3) is 5.94. The number of carbonyl (C=O) groups is 2. The summed E-state index contributed by atoms with van der Waals surface area (Å²) in [5.41, 5.74) is 3.38. The molecule has 0 saturated carbocycles. The second-order valence-corrected chi connectivity index (χ2v) is 11.7. The molecule has 4 aromatic rings. The van der Waals surface area contributed by atoms with Crippen LogP contribution in [-0.4, -0.2) is 74.0 Å². The standard InChI is InChI=1S/C30H30N4O6S/c1-40-30(37)21-10-15-24-25(18-21)32-29(36)27(24)28(20-8-4-3-5-9-20)31-22-11-13-23(14-12-22)34(41(2,38)39)19-26(35)33-16-6-7-17-33/h3-5,8-15,18,32,36H,6-7,16-17,19H2,1-2H3. The van der Waals surface area contributed by atoms with E-state index in [2.05, 4.69) is 4.98 Å². The third-order valence-corrected chi connectivity index (χ3v) is 8.14. The lowest BCUT2D eigenvalue weighted by Gasteiger charge is -2.25. The normalized spacial score (nSPS) is 13.9. The Morgan fingerprint density at radius 2 is 1.68 bits per heavy atom. The van der Waals surface area contributed by atoms with Crippen LogP contribution in [0, 0.1) is 0 Å². The van der Waals surface area contributed by atoms with Crippen LogP contribution in [0.5, 0.6) is 5.88 Å². The van der Waals surface area contributed by atoms with Crippen LogP contribution in [0.2, 0.25) is 0 Å². The van der Waals surface area contributed by atoms with Crippen LogP contribution in [0.4, 0.5) is 11.4 Å². The third-order valence-electron chi connectivity index (χ3n) is 7.00. The first-order chi connectivity index (χ1) is 19.7. The van der Waals surface area contributed by atoms with Gasteiger partial charge in [0.2, 0.25) is 15.9 Å². The maximum absolute atomic E-state index is 12.7. The number of carbonyl (C=O) groups excluding carboxylic acids is 2. The molecule has 0 aliphatic carbocycles. The number of esters is 1. The minimum absolute atomic E-state index is 0.120. The van der Waals surface area contributed by atoms with E-state index in [1.165, 1.54) is 7.11 Å². The van der Waals surface area contributed by atoms with Crippen molar-refractivity contribution in [2.24, 2.45) is 4.99 Å². The van der Waals surface area contributed by atoms with Crippen LogP contribution in [0.1, 0.15) is 34.3 Å². The summed E-state index contributed by atoms with van der Waals surface area (Å²) in [5, 5.41) is 11.6. The Kier molecular flexibility index (Phi) is 7.80. The van der Waals surface area contributed by atoms with Gasteiger partial charge in [-0.3, -0.25) is 9.10 Å². The number of H-pyrrole nitrogens is 1. The molecule has 1 saturated heterocycles. The van der Waals surface area contributed by atoms with Crippen molar-refractivity contribution >= 4 is 49.9 Å². The number of amides is 1. The zero-order chi connectivity index (χ0) is 29.1. The van der Waals surface area contributed by atoms with Crippen LogP contribution >= 0.6 is 0 Å². The van der Waals surface area contributed by atoms with Crippen molar-refractivity contribution in [2.45, 2.75) is 12.8 Å². The molecule has 1 amide bonds. The topological polar surface area (TPSA) is 132 Å². The van der Waals surface area contributed by atoms with Crippen LogP contribution < -0.4 is 4.31 Å². The fraction of sp³-hybridized carbons (Fsp3) is 0.233. The maximum atomic E-state index is 12.7. The SMILES string of the molecule is COC(=O)c1ccc2c(C(=Nc3ccc(N(CC(=O)N4CCCC4)S(C)(=O)=O)cc3)c3ccccc3)c(O)[nH]c2c1. The number of hydrogen-bond donors (Lipinski definition) is 2. The molecule has 1 aromatic heterocycles. The van der Waals surface area contributed by atoms with Crippen molar-refractivity contribution in [1.29, 1.82) is 0 Å². The quantitative estimate of drug-likeness (QED) is 0.239. The van der Waals surface area contributed by atoms with Gasteiger partial charge in [0.15, 0.2) is 5.88 Å². The Labute approximate surface area is 237 Å². The lowest BCUT2D eigenvalue weighted by atomic mass is 10.00. The van der Waals surface area contributed by atoms with Crippen molar-refractivity contribution in [2.75, 3.05) is 37.3 Å². The minimum atomic E-state index is -3.72. The van der Waals surface area contributed by atoms with Crippen molar-refractivity contribution in [1.82, 2.24) is 9.88 Å². The molecule has 41 heavy (non-hydrogen) atoms. The van der Waals surface area contributed by atoms with Crippen molar-refractivity contribution in [3.63, 3.8) is 0 Å². The number of nitrogens with one attached hydrogen (secondary N) is 1. The number of methoxy groups -OCH3 is 1. The average molecular weight is 575 g/mol. The van der Waals surface area contributed by atoms with Crippen LogP contribution in [0.3, 0.4) is 0 Å².